The molecule has 0 saturated carbocycles. The van der Waals surface area contributed by atoms with Crippen molar-refractivity contribution in [3.05, 3.63) is 42.3 Å². The van der Waals surface area contributed by atoms with Crippen LogP contribution in [0.2, 0.25) is 0 Å². The predicted molar refractivity (Wildman–Crippen MR) is 36.0 cm³/mol. The highest BCUT2D eigenvalue weighted by molar-refractivity contribution is 5.99. The van der Waals surface area contributed by atoms with Crippen molar-refractivity contribution < 1.29 is 13.6 Å². The Kier molecular flexibility index (Phi) is 1.98. The van der Waals surface area contributed by atoms with Crippen LogP contribution in [0.25, 0.3) is 0 Å². The first-order valence-electron chi connectivity index (χ1n) is 2.93. The van der Waals surface area contributed by atoms with Crippen LogP contribution in [0.1, 0.15) is 10.4 Å². The van der Waals surface area contributed by atoms with Gasteiger partial charge in [0.1, 0.15) is 0 Å². The smallest absolute Gasteiger partial charge is 0.169 e. The predicted octanol–water partition coefficient (Wildman–Crippen LogP) is 1.98. The monoisotopic (exact) mass is 155 g/mol. The van der Waals surface area contributed by atoms with Crippen LogP contribution in [0, 0.1) is 18.6 Å². The summed E-state index contributed by atoms with van der Waals surface area (Å²) >= 11 is 0. The molecule has 0 saturated heterocycles. The molecule has 0 heterocycles. The van der Waals surface area contributed by atoms with E-state index in [0.29, 0.717) is 0 Å². The summed E-state index contributed by atoms with van der Waals surface area (Å²) in [5, 5.41) is 0. The summed E-state index contributed by atoms with van der Waals surface area (Å²) in [4.78, 5) is 10.5. The molecule has 0 aromatic heterocycles. The number of hydrogen-bond donors (Lipinski definition) is 0. The van der Waals surface area contributed by atoms with Gasteiger partial charge in [-0.1, -0.05) is 6.07 Å². The van der Waals surface area contributed by atoms with Crippen LogP contribution in [0.4, 0.5) is 8.78 Å². The second-order valence-corrected chi connectivity index (χ2v) is 2.02. The largest absolute Gasteiger partial charge is 0.294 e. The van der Waals surface area contributed by atoms with Gasteiger partial charge >= 0.3 is 0 Å². The molecule has 0 fully saturated rings. The Morgan fingerprint density at radius 3 is 2.45 bits per heavy atom. The van der Waals surface area contributed by atoms with Gasteiger partial charge in [-0.25, -0.2) is 8.78 Å². The highest BCUT2D eigenvalue weighted by Crippen LogP contribution is 2.10. The SMILES string of the molecule is [CH2]C(=O)c1cccc(F)c1F. The lowest BCUT2D eigenvalue weighted by atomic mass is 10.1. The van der Waals surface area contributed by atoms with Gasteiger partial charge in [-0.05, 0) is 12.1 Å². The number of Topliss-reactive ketones (excluding diaryl/α,β-unsaturated/α-hetero) is 1. The van der Waals surface area contributed by atoms with E-state index in [9.17, 15) is 13.6 Å². The fraction of sp³-hybridized carbons (Fsp3) is 0. The zero-order valence-corrected chi connectivity index (χ0v) is 5.60. The van der Waals surface area contributed by atoms with Gasteiger partial charge in [0.2, 0.25) is 0 Å². The summed E-state index contributed by atoms with van der Waals surface area (Å²) in [6.45, 7) is 2.97. The van der Waals surface area contributed by atoms with Crippen LogP contribution >= 0.6 is 0 Å². The summed E-state index contributed by atoms with van der Waals surface area (Å²) in [5.41, 5.74) is -0.315. The number of halogens is 2. The summed E-state index contributed by atoms with van der Waals surface area (Å²) < 4.78 is 25.0. The fourth-order valence-corrected chi connectivity index (χ4v) is 0.719. The zero-order chi connectivity index (χ0) is 8.43. The van der Waals surface area contributed by atoms with Crippen LogP contribution < -0.4 is 0 Å². The van der Waals surface area contributed by atoms with Gasteiger partial charge in [0, 0.05) is 6.92 Å². The number of ketones is 1. The molecule has 0 bridgehead atoms. The number of carbonyl (C=O) groups excluding carboxylic acids is 1. The molecule has 1 rings (SSSR count). The average molecular weight is 155 g/mol. The normalized spacial score (nSPS) is 9.73. The Hall–Kier alpha value is -1.25. The zero-order valence-electron chi connectivity index (χ0n) is 5.60. The van der Waals surface area contributed by atoms with Crippen LogP contribution in [0.3, 0.4) is 0 Å². The molecule has 0 unspecified atom stereocenters. The Bertz CT molecular complexity index is 294. The molecule has 0 spiro atoms. The van der Waals surface area contributed by atoms with Gasteiger partial charge in [-0.2, -0.15) is 0 Å². The third-order valence-corrected chi connectivity index (χ3v) is 1.25. The van der Waals surface area contributed by atoms with Crippen molar-refractivity contribution in [1.29, 1.82) is 0 Å². The molecular formula is C8H5F2O. The lowest BCUT2D eigenvalue weighted by Crippen LogP contribution is -1.98. The average Bonchev–Trinajstić information content (AvgIpc) is 1.94. The summed E-state index contributed by atoms with van der Waals surface area (Å²) in [5.74, 6) is -2.88. The van der Waals surface area contributed by atoms with Crippen molar-refractivity contribution in [3.8, 4) is 0 Å². The van der Waals surface area contributed by atoms with E-state index in [1.54, 1.807) is 0 Å². The van der Waals surface area contributed by atoms with Crippen molar-refractivity contribution in [2.75, 3.05) is 0 Å². The van der Waals surface area contributed by atoms with E-state index in [0.717, 1.165) is 6.07 Å². The molecule has 0 amide bonds. The Morgan fingerprint density at radius 1 is 1.36 bits per heavy atom. The molecular weight excluding hydrogens is 150 g/mol. The minimum atomic E-state index is -1.13. The van der Waals surface area contributed by atoms with E-state index in [-0.39, 0.29) is 5.56 Å². The fourth-order valence-electron chi connectivity index (χ4n) is 0.719. The molecule has 0 atom stereocenters. The molecule has 1 nitrogen and oxygen atoms in total. The molecule has 0 aliphatic carbocycles. The minimum absolute atomic E-state index is 0.315. The van der Waals surface area contributed by atoms with Gasteiger partial charge in [0.25, 0.3) is 0 Å². The van der Waals surface area contributed by atoms with Crippen molar-refractivity contribution in [2.45, 2.75) is 0 Å². The maximum absolute atomic E-state index is 12.6. The molecule has 57 valence electrons. The third-order valence-electron chi connectivity index (χ3n) is 1.25. The van der Waals surface area contributed by atoms with Crippen LogP contribution in [-0.2, 0) is 0 Å². The number of benzene rings is 1. The molecule has 11 heavy (non-hydrogen) atoms. The topological polar surface area (TPSA) is 17.1 Å². The summed E-state index contributed by atoms with van der Waals surface area (Å²) in [7, 11) is 0. The molecule has 3 heteroatoms. The maximum Gasteiger partial charge on any atom is 0.169 e. The number of rotatable bonds is 1. The van der Waals surface area contributed by atoms with E-state index in [1.165, 1.54) is 12.1 Å². The highest BCUT2D eigenvalue weighted by Gasteiger charge is 2.10. The lowest BCUT2D eigenvalue weighted by Gasteiger charge is -1.96. The standard InChI is InChI=1S/C8H5F2O/c1-5(11)6-3-2-4-7(9)8(6)10/h2-4H,1H2. The van der Waals surface area contributed by atoms with Gasteiger partial charge < -0.3 is 0 Å². The van der Waals surface area contributed by atoms with Crippen molar-refractivity contribution in [1.82, 2.24) is 0 Å². The van der Waals surface area contributed by atoms with Crippen LogP contribution in [0.5, 0.6) is 0 Å². The van der Waals surface area contributed by atoms with Crippen molar-refractivity contribution >= 4 is 5.78 Å². The first-order chi connectivity index (χ1) is 5.13. The van der Waals surface area contributed by atoms with Gasteiger partial charge in [0.05, 0.1) is 5.56 Å². The van der Waals surface area contributed by atoms with E-state index >= 15 is 0 Å². The molecule has 0 N–H and O–H groups in total. The van der Waals surface area contributed by atoms with Crippen LogP contribution in [-0.4, -0.2) is 5.78 Å². The second kappa shape index (κ2) is 2.78. The first-order valence-corrected chi connectivity index (χ1v) is 2.93. The number of carbonyl (C=O) groups is 1. The first kappa shape index (κ1) is 7.85. The quantitative estimate of drug-likeness (QED) is 0.567. The van der Waals surface area contributed by atoms with Gasteiger partial charge in [-0.3, -0.25) is 4.79 Å². The minimum Gasteiger partial charge on any atom is -0.294 e. The van der Waals surface area contributed by atoms with Crippen LogP contribution in [0.15, 0.2) is 18.2 Å². The van der Waals surface area contributed by atoms with E-state index in [1.807, 2.05) is 0 Å². The summed E-state index contributed by atoms with van der Waals surface area (Å²) in [6.07, 6.45) is 0. The highest BCUT2D eigenvalue weighted by atomic mass is 19.2. The van der Waals surface area contributed by atoms with E-state index in [2.05, 4.69) is 6.92 Å². The Balaban J connectivity index is 3.27. The number of hydrogen-bond acceptors (Lipinski definition) is 1. The molecule has 1 radical (unpaired) electrons. The lowest BCUT2D eigenvalue weighted by molar-refractivity contribution is 0.103. The third kappa shape index (κ3) is 1.42. The Labute approximate surface area is 62.7 Å². The summed E-state index contributed by atoms with van der Waals surface area (Å²) in [6, 6.07) is 3.40. The second-order valence-electron chi connectivity index (χ2n) is 2.02. The van der Waals surface area contributed by atoms with Crippen molar-refractivity contribution in [2.24, 2.45) is 0 Å². The van der Waals surface area contributed by atoms with Gasteiger partial charge in [-0.15, -0.1) is 0 Å². The molecule has 0 aliphatic heterocycles. The molecule has 0 aliphatic rings. The maximum atomic E-state index is 12.6. The Morgan fingerprint density at radius 2 is 2.00 bits per heavy atom. The van der Waals surface area contributed by atoms with E-state index < -0.39 is 17.4 Å². The molecule has 1 aromatic carbocycles. The van der Waals surface area contributed by atoms with E-state index in [4.69, 9.17) is 0 Å². The molecule has 1 aromatic rings. The van der Waals surface area contributed by atoms with Gasteiger partial charge in [0.15, 0.2) is 17.4 Å². The van der Waals surface area contributed by atoms with Crippen molar-refractivity contribution in [3.63, 3.8) is 0 Å².